The van der Waals surface area contributed by atoms with E-state index in [0.29, 0.717) is 24.6 Å². The highest BCUT2D eigenvalue weighted by molar-refractivity contribution is 7.91. The van der Waals surface area contributed by atoms with Crippen LogP contribution in [0.1, 0.15) is 6.42 Å². The second kappa shape index (κ2) is 7.99. The van der Waals surface area contributed by atoms with Crippen molar-refractivity contribution < 1.29 is 17.9 Å². The lowest BCUT2D eigenvalue weighted by molar-refractivity contribution is -0.122. The van der Waals surface area contributed by atoms with Crippen LogP contribution in [0.4, 0.5) is 0 Å². The number of likely N-dealkylation sites (N-methyl/N-ethyl adjacent to an activating group) is 1. The number of hydrogen-bond acceptors (Lipinski definition) is 5. The van der Waals surface area contributed by atoms with E-state index in [1.165, 1.54) is 0 Å². The SMILES string of the molecule is CN(CCOc1ccc(Cl)cc1)CC(=O)N[C@H]1CCS(=O)(=O)C1. The van der Waals surface area contributed by atoms with Gasteiger partial charge in [0.15, 0.2) is 9.84 Å². The van der Waals surface area contributed by atoms with Gasteiger partial charge in [0.2, 0.25) is 5.91 Å². The number of benzene rings is 1. The van der Waals surface area contributed by atoms with E-state index in [9.17, 15) is 13.2 Å². The van der Waals surface area contributed by atoms with Crippen molar-refractivity contribution in [3.63, 3.8) is 0 Å². The number of carbonyl (C=O) groups is 1. The molecule has 0 unspecified atom stereocenters. The van der Waals surface area contributed by atoms with Gasteiger partial charge in [-0.05, 0) is 37.7 Å². The Morgan fingerprint density at radius 2 is 2.09 bits per heavy atom. The molecule has 1 atom stereocenters. The lowest BCUT2D eigenvalue weighted by Gasteiger charge is -2.18. The Hall–Kier alpha value is -1.31. The highest BCUT2D eigenvalue weighted by Gasteiger charge is 2.28. The van der Waals surface area contributed by atoms with E-state index in [1.807, 2.05) is 11.9 Å². The van der Waals surface area contributed by atoms with E-state index in [1.54, 1.807) is 24.3 Å². The number of nitrogens with zero attached hydrogens (tertiary/aromatic N) is 1. The second-order valence-corrected chi connectivity index (χ2v) is 8.37. The van der Waals surface area contributed by atoms with Crippen LogP contribution in [-0.2, 0) is 14.6 Å². The molecule has 1 aliphatic heterocycles. The molecule has 0 bridgehead atoms. The molecule has 128 valence electrons. The van der Waals surface area contributed by atoms with E-state index in [2.05, 4.69) is 5.32 Å². The van der Waals surface area contributed by atoms with Crippen molar-refractivity contribution >= 4 is 27.3 Å². The molecule has 1 N–H and O–H groups in total. The summed E-state index contributed by atoms with van der Waals surface area (Å²) in [5.74, 6) is 0.759. The van der Waals surface area contributed by atoms with E-state index < -0.39 is 9.84 Å². The first-order chi connectivity index (χ1) is 10.8. The van der Waals surface area contributed by atoms with Gasteiger partial charge in [-0.15, -0.1) is 0 Å². The first kappa shape index (κ1) is 18.0. The molecule has 1 aromatic rings. The fourth-order valence-corrected chi connectivity index (χ4v) is 4.16. The summed E-state index contributed by atoms with van der Waals surface area (Å²) in [5.41, 5.74) is 0. The average Bonchev–Trinajstić information content (AvgIpc) is 2.79. The van der Waals surface area contributed by atoms with Gasteiger partial charge in [-0.3, -0.25) is 9.69 Å². The standard InChI is InChI=1S/C15H21ClN2O4S/c1-18(7-8-22-14-4-2-12(16)3-5-14)10-15(19)17-13-6-9-23(20,21)11-13/h2-5,13H,6-11H2,1H3,(H,17,19)/t13-/m0/s1. The zero-order valence-electron chi connectivity index (χ0n) is 13.0. The van der Waals surface area contributed by atoms with E-state index >= 15 is 0 Å². The smallest absolute Gasteiger partial charge is 0.234 e. The molecule has 23 heavy (non-hydrogen) atoms. The molecular formula is C15H21ClN2O4S. The van der Waals surface area contributed by atoms with Crippen LogP contribution in [0.15, 0.2) is 24.3 Å². The Morgan fingerprint density at radius 3 is 2.70 bits per heavy atom. The maximum Gasteiger partial charge on any atom is 0.234 e. The summed E-state index contributed by atoms with van der Waals surface area (Å²) in [7, 11) is -1.16. The molecular weight excluding hydrogens is 340 g/mol. The molecule has 0 saturated carbocycles. The minimum absolute atomic E-state index is 0.0438. The Bertz CT molecular complexity index is 633. The minimum Gasteiger partial charge on any atom is -0.492 e. The first-order valence-electron chi connectivity index (χ1n) is 7.41. The van der Waals surface area contributed by atoms with Gasteiger partial charge in [0.1, 0.15) is 12.4 Å². The number of sulfone groups is 1. The van der Waals surface area contributed by atoms with Gasteiger partial charge in [0, 0.05) is 17.6 Å². The van der Waals surface area contributed by atoms with Crippen molar-refractivity contribution in [2.24, 2.45) is 0 Å². The van der Waals surface area contributed by atoms with Crippen LogP contribution in [0.3, 0.4) is 0 Å². The highest BCUT2D eigenvalue weighted by Crippen LogP contribution is 2.15. The highest BCUT2D eigenvalue weighted by atomic mass is 35.5. The molecule has 1 saturated heterocycles. The summed E-state index contributed by atoms with van der Waals surface area (Å²) in [6.07, 6.45) is 0.497. The fraction of sp³-hybridized carbons (Fsp3) is 0.533. The van der Waals surface area contributed by atoms with E-state index in [0.717, 1.165) is 5.75 Å². The van der Waals surface area contributed by atoms with Crippen LogP contribution in [0.25, 0.3) is 0 Å². The number of nitrogens with one attached hydrogen (secondary N) is 1. The molecule has 8 heteroatoms. The van der Waals surface area contributed by atoms with Gasteiger partial charge >= 0.3 is 0 Å². The van der Waals surface area contributed by atoms with Gasteiger partial charge in [0.25, 0.3) is 0 Å². The Morgan fingerprint density at radius 1 is 1.39 bits per heavy atom. The molecule has 1 aromatic carbocycles. The van der Waals surface area contributed by atoms with Gasteiger partial charge in [-0.1, -0.05) is 11.6 Å². The lowest BCUT2D eigenvalue weighted by atomic mass is 10.2. The molecule has 2 rings (SSSR count). The number of rotatable bonds is 7. The van der Waals surface area contributed by atoms with Crippen LogP contribution < -0.4 is 10.1 Å². The molecule has 1 fully saturated rings. The number of hydrogen-bond donors (Lipinski definition) is 1. The summed E-state index contributed by atoms with van der Waals surface area (Å²) in [4.78, 5) is 13.7. The lowest BCUT2D eigenvalue weighted by Crippen LogP contribution is -2.42. The Balaban J connectivity index is 1.65. The van der Waals surface area contributed by atoms with Crippen molar-refractivity contribution in [2.45, 2.75) is 12.5 Å². The second-order valence-electron chi connectivity index (χ2n) is 5.71. The van der Waals surface area contributed by atoms with E-state index in [-0.39, 0.29) is 30.0 Å². The Kier molecular flexibility index (Phi) is 6.26. The monoisotopic (exact) mass is 360 g/mol. The third-order valence-electron chi connectivity index (χ3n) is 3.57. The summed E-state index contributed by atoms with van der Waals surface area (Å²) in [6, 6.07) is 6.82. The quantitative estimate of drug-likeness (QED) is 0.783. The van der Waals surface area contributed by atoms with Gasteiger partial charge in [-0.2, -0.15) is 0 Å². The zero-order chi connectivity index (χ0) is 16.9. The van der Waals surface area contributed by atoms with Crippen molar-refractivity contribution in [1.29, 1.82) is 0 Å². The third-order valence-corrected chi connectivity index (χ3v) is 5.59. The molecule has 0 radical (unpaired) electrons. The summed E-state index contributed by atoms with van der Waals surface area (Å²) in [5, 5.41) is 3.42. The van der Waals surface area contributed by atoms with Crippen LogP contribution in [-0.4, -0.2) is 63.5 Å². The molecule has 1 heterocycles. The third kappa shape index (κ3) is 6.37. The maximum absolute atomic E-state index is 11.9. The molecule has 1 aliphatic rings. The van der Waals surface area contributed by atoms with Gasteiger partial charge in [0.05, 0.1) is 18.1 Å². The predicted octanol–water partition coefficient (Wildman–Crippen LogP) is 0.954. The normalized spacial score (nSPS) is 19.7. The predicted molar refractivity (Wildman–Crippen MR) is 89.6 cm³/mol. The summed E-state index contributed by atoms with van der Waals surface area (Å²) >= 11 is 5.80. The fourth-order valence-electron chi connectivity index (χ4n) is 2.36. The van der Waals surface area contributed by atoms with Gasteiger partial charge in [-0.25, -0.2) is 8.42 Å². The Labute approximate surface area is 141 Å². The topological polar surface area (TPSA) is 75.7 Å². The number of amides is 1. The van der Waals surface area contributed by atoms with Crippen LogP contribution in [0.5, 0.6) is 5.75 Å². The van der Waals surface area contributed by atoms with Crippen molar-refractivity contribution in [2.75, 3.05) is 38.2 Å². The molecule has 0 aromatic heterocycles. The first-order valence-corrected chi connectivity index (χ1v) is 9.61. The van der Waals surface area contributed by atoms with E-state index in [4.69, 9.17) is 16.3 Å². The largest absolute Gasteiger partial charge is 0.492 e. The van der Waals surface area contributed by atoms with Crippen LogP contribution >= 0.6 is 11.6 Å². The molecule has 6 nitrogen and oxygen atoms in total. The zero-order valence-corrected chi connectivity index (χ0v) is 14.6. The maximum atomic E-state index is 11.9. The summed E-state index contributed by atoms with van der Waals surface area (Å²) in [6.45, 7) is 1.24. The van der Waals surface area contributed by atoms with Crippen molar-refractivity contribution in [3.05, 3.63) is 29.3 Å². The number of carbonyl (C=O) groups excluding carboxylic acids is 1. The van der Waals surface area contributed by atoms with Gasteiger partial charge < -0.3 is 10.1 Å². The van der Waals surface area contributed by atoms with Crippen molar-refractivity contribution in [3.8, 4) is 5.75 Å². The van der Waals surface area contributed by atoms with Crippen LogP contribution in [0, 0.1) is 0 Å². The molecule has 0 spiro atoms. The minimum atomic E-state index is -2.98. The van der Waals surface area contributed by atoms with Crippen LogP contribution in [0.2, 0.25) is 5.02 Å². The number of ether oxygens (including phenoxy) is 1. The molecule has 0 aliphatic carbocycles. The van der Waals surface area contributed by atoms with Crippen molar-refractivity contribution in [1.82, 2.24) is 10.2 Å². The summed E-state index contributed by atoms with van der Waals surface area (Å²) < 4.78 is 28.3. The number of halogens is 1. The molecule has 1 amide bonds. The average molecular weight is 361 g/mol.